The van der Waals surface area contributed by atoms with Crippen LogP contribution in [0.2, 0.25) is 0 Å². The van der Waals surface area contributed by atoms with Crippen molar-refractivity contribution in [2.24, 2.45) is 0 Å². The van der Waals surface area contributed by atoms with Gasteiger partial charge in [-0.15, -0.1) is 0 Å². The van der Waals surface area contributed by atoms with E-state index in [1.54, 1.807) is 0 Å². The maximum atomic E-state index is 10.7. The molecule has 0 fully saturated rings. The van der Waals surface area contributed by atoms with Crippen LogP contribution in [0.15, 0.2) is 24.3 Å². The van der Waals surface area contributed by atoms with Gasteiger partial charge in [-0.1, -0.05) is 44.1 Å². The highest BCUT2D eigenvalue weighted by molar-refractivity contribution is 5.69. The molecule has 0 N–H and O–H groups in total. The summed E-state index contributed by atoms with van der Waals surface area (Å²) in [4.78, 5) is 10.7. The number of carbonyl (C=O) groups is 1. The van der Waals surface area contributed by atoms with E-state index in [2.05, 4.69) is 17.7 Å². The lowest BCUT2D eigenvalue weighted by molar-refractivity contribution is -0.140. The summed E-state index contributed by atoms with van der Waals surface area (Å²) >= 11 is 0. The van der Waals surface area contributed by atoms with E-state index in [0.717, 1.165) is 12.8 Å². The van der Waals surface area contributed by atoms with Crippen LogP contribution in [0.25, 0.3) is 0 Å². The van der Waals surface area contributed by atoms with Gasteiger partial charge in [0.2, 0.25) is 0 Å². The van der Waals surface area contributed by atoms with E-state index < -0.39 is 0 Å². The molecule has 0 spiro atoms. The Labute approximate surface area is 86.6 Å². The maximum Gasteiger partial charge on any atom is 0.305 e. The molecule has 0 aromatic carbocycles. The zero-order chi connectivity index (χ0) is 10.6. The summed E-state index contributed by atoms with van der Waals surface area (Å²) in [7, 11) is 1.41. The molecule has 0 saturated carbocycles. The van der Waals surface area contributed by atoms with Crippen LogP contribution in [0, 0.1) is 0 Å². The zero-order valence-electron chi connectivity index (χ0n) is 9.16. The van der Waals surface area contributed by atoms with Crippen molar-refractivity contribution in [3.05, 3.63) is 24.3 Å². The van der Waals surface area contributed by atoms with Gasteiger partial charge in [0, 0.05) is 6.42 Å². The van der Waals surface area contributed by atoms with Gasteiger partial charge in [0.25, 0.3) is 0 Å². The molecule has 14 heavy (non-hydrogen) atoms. The van der Waals surface area contributed by atoms with Gasteiger partial charge in [0.1, 0.15) is 0 Å². The van der Waals surface area contributed by atoms with Gasteiger partial charge in [-0.2, -0.15) is 0 Å². The minimum absolute atomic E-state index is 0.149. The Hall–Kier alpha value is -1.05. The molecule has 0 rings (SSSR count). The molecule has 0 aromatic heterocycles. The second-order valence-electron chi connectivity index (χ2n) is 3.11. The molecule has 0 aromatic rings. The molecule has 0 aliphatic carbocycles. The van der Waals surface area contributed by atoms with Crippen LogP contribution >= 0.6 is 0 Å². The summed E-state index contributed by atoms with van der Waals surface area (Å²) in [5.74, 6) is -0.149. The number of methoxy groups -OCH3 is 1. The summed E-state index contributed by atoms with van der Waals surface area (Å²) in [5, 5.41) is 0. The van der Waals surface area contributed by atoms with Crippen molar-refractivity contribution in [3.8, 4) is 0 Å². The first-order valence-corrected chi connectivity index (χ1v) is 5.19. The van der Waals surface area contributed by atoms with Gasteiger partial charge in [-0.3, -0.25) is 4.79 Å². The van der Waals surface area contributed by atoms with Crippen molar-refractivity contribution in [3.63, 3.8) is 0 Å². The highest BCUT2D eigenvalue weighted by Crippen LogP contribution is 1.96. The number of carbonyl (C=O) groups excluding carboxylic acids is 1. The van der Waals surface area contributed by atoms with E-state index in [1.165, 1.54) is 20.0 Å². The van der Waals surface area contributed by atoms with Crippen molar-refractivity contribution in [1.82, 2.24) is 0 Å². The molecule has 0 heterocycles. The highest BCUT2D eigenvalue weighted by Gasteiger charge is 1.94. The van der Waals surface area contributed by atoms with Crippen LogP contribution in [-0.2, 0) is 9.53 Å². The maximum absolute atomic E-state index is 10.7. The predicted octanol–water partition coefficient (Wildman–Crippen LogP) is 3.24. The van der Waals surface area contributed by atoms with Crippen molar-refractivity contribution < 1.29 is 9.53 Å². The number of rotatable bonds is 7. The fourth-order valence-electron chi connectivity index (χ4n) is 0.975. The first-order valence-electron chi connectivity index (χ1n) is 5.19. The molecule has 80 valence electrons. The van der Waals surface area contributed by atoms with Gasteiger partial charge in [0.05, 0.1) is 7.11 Å². The lowest BCUT2D eigenvalue weighted by atomic mass is 10.2. The van der Waals surface area contributed by atoms with Gasteiger partial charge in [-0.25, -0.2) is 0 Å². The van der Waals surface area contributed by atoms with Gasteiger partial charge < -0.3 is 4.74 Å². The Balaban J connectivity index is 3.35. The van der Waals surface area contributed by atoms with Crippen LogP contribution in [0.5, 0.6) is 0 Å². The molecule has 0 aliphatic rings. The topological polar surface area (TPSA) is 26.3 Å². The normalized spacial score (nSPS) is 11.3. The SMILES string of the molecule is CCCC/C=C\C=C\CCC(=O)OC. The molecule has 0 bridgehead atoms. The van der Waals surface area contributed by atoms with Crippen molar-refractivity contribution >= 4 is 5.97 Å². The first kappa shape index (κ1) is 12.9. The third kappa shape index (κ3) is 9.04. The number of hydrogen-bond acceptors (Lipinski definition) is 2. The van der Waals surface area contributed by atoms with E-state index >= 15 is 0 Å². The Kier molecular flexibility index (Phi) is 9.28. The Morgan fingerprint density at radius 3 is 2.43 bits per heavy atom. The quantitative estimate of drug-likeness (QED) is 0.355. The van der Waals surface area contributed by atoms with Gasteiger partial charge >= 0.3 is 5.97 Å². The minimum Gasteiger partial charge on any atom is -0.469 e. The van der Waals surface area contributed by atoms with Gasteiger partial charge in [-0.05, 0) is 12.8 Å². The summed E-state index contributed by atoms with van der Waals surface area (Å²) in [6.07, 6.45) is 13.0. The molecular formula is C12H20O2. The number of ether oxygens (including phenoxy) is 1. The zero-order valence-corrected chi connectivity index (χ0v) is 9.16. The lowest BCUT2D eigenvalue weighted by Crippen LogP contribution is -1.97. The number of allylic oxidation sites excluding steroid dienone is 4. The molecule has 2 heteroatoms. The van der Waals surface area contributed by atoms with E-state index in [-0.39, 0.29) is 5.97 Å². The molecule has 2 nitrogen and oxygen atoms in total. The third-order valence-electron chi connectivity index (χ3n) is 1.85. The van der Waals surface area contributed by atoms with Crippen LogP contribution < -0.4 is 0 Å². The van der Waals surface area contributed by atoms with Crippen LogP contribution in [0.3, 0.4) is 0 Å². The standard InChI is InChI=1S/C12H20O2/c1-3-4-5-6-7-8-9-10-11-12(13)14-2/h6-9H,3-5,10-11H2,1-2H3/b7-6-,9-8+. The molecule has 0 aliphatic heterocycles. The van der Waals surface area contributed by atoms with Crippen molar-refractivity contribution in [2.75, 3.05) is 7.11 Å². The monoisotopic (exact) mass is 196 g/mol. The summed E-state index contributed by atoms with van der Waals surface area (Å²) in [6.45, 7) is 2.18. The molecule has 0 atom stereocenters. The average molecular weight is 196 g/mol. The number of esters is 1. The predicted molar refractivity (Wildman–Crippen MR) is 59.1 cm³/mol. The first-order chi connectivity index (χ1) is 6.81. The summed E-state index contributed by atoms with van der Waals surface area (Å²) in [6, 6.07) is 0. The smallest absolute Gasteiger partial charge is 0.305 e. The largest absolute Gasteiger partial charge is 0.469 e. The molecule has 0 saturated heterocycles. The Morgan fingerprint density at radius 1 is 1.21 bits per heavy atom. The van der Waals surface area contributed by atoms with Crippen molar-refractivity contribution in [1.29, 1.82) is 0 Å². The van der Waals surface area contributed by atoms with Crippen LogP contribution in [-0.4, -0.2) is 13.1 Å². The second kappa shape index (κ2) is 10.0. The van der Waals surface area contributed by atoms with E-state index in [4.69, 9.17) is 0 Å². The number of unbranched alkanes of at least 4 members (excludes halogenated alkanes) is 2. The minimum atomic E-state index is -0.149. The van der Waals surface area contributed by atoms with Gasteiger partial charge in [0.15, 0.2) is 0 Å². The Bertz CT molecular complexity index is 192. The van der Waals surface area contributed by atoms with E-state index in [0.29, 0.717) is 6.42 Å². The average Bonchev–Trinajstić information content (AvgIpc) is 2.21. The van der Waals surface area contributed by atoms with Crippen LogP contribution in [0.1, 0.15) is 39.0 Å². The molecule has 0 amide bonds. The fourth-order valence-corrected chi connectivity index (χ4v) is 0.975. The van der Waals surface area contributed by atoms with Crippen LogP contribution in [0.4, 0.5) is 0 Å². The van der Waals surface area contributed by atoms with E-state index in [1.807, 2.05) is 18.2 Å². The summed E-state index contributed by atoms with van der Waals surface area (Å²) < 4.78 is 4.52. The third-order valence-corrected chi connectivity index (χ3v) is 1.85. The van der Waals surface area contributed by atoms with Crippen molar-refractivity contribution in [2.45, 2.75) is 39.0 Å². The molecule has 0 radical (unpaired) electrons. The Morgan fingerprint density at radius 2 is 1.86 bits per heavy atom. The van der Waals surface area contributed by atoms with E-state index in [9.17, 15) is 4.79 Å². The number of hydrogen-bond donors (Lipinski definition) is 0. The fraction of sp³-hybridized carbons (Fsp3) is 0.583. The molecular weight excluding hydrogens is 176 g/mol. The second-order valence-corrected chi connectivity index (χ2v) is 3.11. The lowest BCUT2D eigenvalue weighted by Gasteiger charge is -1.93. The molecule has 0 unspecified atom stereocenters. The highest BCUT2D eigenvalue weighted by atomic mass is 16.5. The summed E-state index contributed by atoms with van der Waals surface area (Å²) in [5.41, 5.74) is 0.